The van der Waals surface area contributed by atoms with E-state index < -0.39 is 19.8 Å². The molecule has 1 atom stereocenters. The van der Waals surface area contributed by atoms with Crippen molar-refractivity contribution in [2.24, 2.45) is 5.41 Å². The van der Waals surface area contributed by atoms with Gasteiger partial charge in [0.15, 0.2) is 0 Å². The molecule has 0 spiro atoms. The molecule has 0 radical (unpaired) electrons. The van der Waals surface area contributed by atoms with Crippen LogP contribution in [0, 0.1) is 5.41 Å². The van der Waals surface area contributed by atoms with Crippen molar-refractivity contribution < 1.29 is 13.2 Å². The Morgan fingerprint density at radius 2 is 2.00 bits per heavy atom. The van der Waals surface area contributed by atoms with Gasteiger partial charge in [0.1, 0.15) is 4.33 Å². The largest absolute Gasteiger partial charge is 0.351 e. The van der Waals surface area contributed by atoms with Gasteiger partial charge in [-0.2, -0.15) is 0 Å². The highest BCUT2D eigenvalue weighted by Gasteiger charge is 2.67. The number of alkyl halides is 2. The Hall–Kier alpha value is -0.820. The maximum atomic E-state index is 12.0. The van der Waals surface area contributed by atoms with Crippen LogP contribution in [0.5, 0.6) is 0 Å². The van der Waals surface area contributed by atoms with E-state index in [0.717, 1.165) is 0 Å². The van der Waals surface area contributed by atoms with Crippen LogP contribution in [0.15, 0.2) is 29.2 Å². The zero-order valence-corrected chi connectivity index (χ0v) is 13.9. The number of benzene rings is 1. The number of rotatable bonds is 5. The van der Waals surface area contributed by atoms with Crippen molar-refractivity contribution in [3.05, 3.63) is 29.8 Å². The van der Waals surface area contributed by atoms with Crippen molar-refractivity contribution in [1.29, 1.82) is 0 Å². The molecule has 1 amide bonds. The smallest absolute Gasteiger partial charge is 0.240 e. The van der Waals surface area contributed by atoms with Crippen LogP contribution in [-0.4, -0.2) is 25.7 Å². The van der Waals surface area contributed by atoms with Crippen LogP contribution in [0.25, 0.3) is 0 Å². The Labute approximate surface area is 134 Å². The molecule has 1 fully saturated rings. The molecule has 0 aliphatic heterocycles. The van der Waals surface area contributed by atoms with Crippen molar-refractivity contribution in [3.63, 3.8) is 0 Å². The van der Waals surface area contributed by atoms with E-state index in [9.17, 15) is 13.2 Å². The first-order valence-electron chi connectivity index (χ1n) is 6.31. The van der Waals surface area contributed by atoms with Crippen molar-refractivity contribution in [2.45, 2.75) is 29.1 Å². The molecule has 2 N–H and O–H groups in total. The number of hydrogen-bond acceptors (Lipinski definition) is 3. The van der Waals surface area contributed by atoms with E-state index in [4.69, 9.17) is 23.2 Å². The van der Waals surface area contributed by atoms with Crippen LogP contribution in [0.2, 0.25) is 0 Å². The summed E-state index contributed by atoms with van der Waals surface area (Å²) in [5, 5.41) is 2.73. The average Bonchev–Trinajstić information content (AvgIpc) is 2.96. The fourth-order valence-electron chi connectivity index (χ4n) is 1.96. The third-order valence-electron chi connectivity index (χ3n) is 3.69. The zero-order chi connectivity index (χ0) is 15.9. The van der Waals surface area contributed by atoms with E-state index in [1.165, 1.54) is 19.2 Å². The molecule has 2 rings (SSSR count). The van der Waals surface area contributed by atoms with E-state index in [1.54, 1.807) is 19.1 Å². The highest BCUT2D eigenvalue weighted by Crippen LogP contribution is 2.63. The van der Waals surface area contributed by atoms with Gasteiger partial charge in [-0.05, 0) is 38.1 Å². The molecule has 0 unspecified atom stereocenters. The molecule has 0 heterocycles. The summed E-state index contributed by atoms with van der Waals surface area (Å²) >= 11 is 11.9. The van der Waals surface area contributed by atoms with E-state index in [2.05, 4.69) is 10.0 Å². The van der Waals surface area contributed by atoms with Crippen molar-refractivity contribution >= 4 is 39.1 Å². The molecule has 5 nitrogen and oxygen atoms in total. The maximum absolute atomic E-state index is 12.0. The Morgan fingerprint density at radius 1 is 1.38 bits per heavy atom. The Morgan fingerprint density at radius 3 is 2.52 bits per heavy atom. The summed E-state index contributed by atoms with van der Waals surface area (Å²) in [6.07, 6.45) is 0.406. The fourth-order valence-corrected chi connectivity index (χ4v) is 3.47. The molecular weight excluding hydrogens is 335 g/mol. The number of halogens is 2. The summed E-state index contributed by atoms with van der Waals surface area (Å²) in [7, 11) is -2.15. The first-order chi connectivity index (χ1) is 9.62. The van der Waals surface area contributed by atoms with Gasteiger partial charge in [-0.25, -0.2) is 13.1 Å². The minimum absolute atomic E-state index is 0.151. The highest BCUT2D eigenvalue weighted by molar-refractivity contribution is 7.89. The lowest BCUT2D eigenvalue weighted by atomic mass is 10.1. The SMILES string of the molecule is CNS(=O)(=O)c1cccc(CNC(=O)[C@@]2(C)CC2(Cl)Cl)c1. The summed E-state index contributed by atoms with van der Waals surface area (Å²) in [5.41, 5.74) is -0.108. The highest BCUT2D eigenvalue weighted by atomic mass is 35.5. The Balaban J connectivity index is 2.05. The minimum Gasteiger partial charge on any atom is -0.351 e. The van der Waals surface area contributed by atoms with Crippen LogP contribution in [0.3, 0.4) is 0 Å². The number of amides is 1. The van der Waals surface area contributed by atoms with E-state index in [0.29, 0.717) is 12.0 Å². The molecule has 1 aliphatic rings. The van der Waals surface area contributed by atoms with Crippen molar-refractivity contribution in [2.75, 3.05) is 7.05 Å². The summed E-state index contributed by atoms with van der Waals surface area (Å²) < 4.78 is 24.6. The monoisotopic (exact) mass is 350 g/mol. The predicted octanol–water partition coefficient (Wildman–Crippen LogP) is 1.79. The maximum Gasteiger partial charge on any atom is 0.240 e. The molecular formula is C13H16Cl2N2O3S. The first kappa shape index (κ1) is 16.5. The quantitative estimate of drug-likeness (QED) is 0.795. The van der Waals surface area contributed by atoms with Gasteiger partial charge in [0, 0.05) is 6.54 Å². The summed E-state index contributed by atoms with van der Waals surface area (Å²) in [4.78, 5) is 12.2. The Kier molecular flexibility index (Phi) is 4.28. The normalized spacial score (nSPS) is 23.6. The van der Waals surface area contributed by atoms with Gasteiger partial charge >= 0.3 is 0 Å². The lowest BCUT2D eigenvalue weighted by Gasteiger charge is -2.13. The molecule has 0 aromatic heterocycles. The number of carbonyl (C=O) groups excluding carboxylic acids is 1. The van der Waals surface area contributed by atoms with Crippen LogP contribution in [0.4, 0.5) is 0 Å². The van der Waals surface area contributed by atoms with Gasteiger partial charge in [-0.15, -0.1) is 23.2 Å². The second-order valence-corrected chi connectivity index (χ2v) is 8.62. The topological polar surface area (TPSA) is 75.3 Å². The Bertz CT molecular complexity index is 676. The molecule has 0 saturated heterocycles. The molecule has 8 heteroatoms. The van der Waals surface area contributed by atoms with Crippen LogP contribution in [-0.2, 0) is 21.4 Å². The number of hydrogen-bond donors (Lipinski definition) is 2. The summed E-state index contributed by atoms with van der Waals surface area (Å²) in [6, 6.07) is 6.36. The van der Waals surface area contributed by atoms with Crippen LogP contribution < -0.4 is 10.0 Å². The fraction of sp³-hybridized carbons (Fsp3) is 0.462. The molecule has 1 saturated carbocycles. The first-order valence-corrected chi connectivity index (χ1v) is 8.55. The molecule has 0 bridgehead atoms. The van der Waals surface area contributed by atoms with E-state index in [-0.39, 0.29) is 17.3 Å². The van der Waals surface area contributed by atoms with E-state index in [1.807, 2.05) is 0 Å². The minimum atomic E-state index is -3.50. The predicted molar refractivity (Wildman–Crippen MR) is 81.7 cm³/mol. The van der Waals surface area contributed by atoms with E-state index >= 15 is 0 Å². The molecule has 116 valence electrons. The number of sulfonamides is 1. The standard InChI is InChI=1S/C13H16Cl2N2O3S/c1-12(8-13(12,14)15)11(18)17-7-9-4-3-5-10(6-9)21(19,20)16-2/h3-6,16H,7-8H2,1-2H3,(H,17,18)/t12-/m1/s1. The molecule has 21 heavy (non-hydrogen) atoms. The third kappa shape index (κ3) is 3.18. The third-order valence-corrected chi connectivity index (χ3v) is 6.20. The average molecular weight is 351 g/mol. The molecule has 1 aliphatic carbocycles. The van der Waals surface area contributed by atoms with Gasteiger partial charge in [-0.1, -0.05) is 12.1 Å². The lowest BCUT2D eigenvalue weighted by Crippen LogP contribution is -2.32. The second kappa shape index (κ2) is 5.43. The van der Waals surface area contributed by atoms with Crippen molar-refractivity contribution in [1.82, 2.24) is 10.0 Å². The van der Waals surface area contributed by atoms with Gasteiger partial charge in [0.05, 0.1) is 10.3 Å². The number of nitrogens with one attached hydrogen (secondary N) is 2. The number of carbonyl (C=O) groups is 1. The summed E-state index contributed by atoms with van der Waals surface area (Å²) in [5.74, 6) is -0.241. The van der Waals surface area contributed by atoms with Gasteiger partial charge in [0.2, 0.25) is 15.9 Å². The van der Waals surface area contributed by atoms with Crippen LogP contribution >= 0.6 is 23.2 Å². The van der Waals surface area contributed by atoms with Gasteiger partial charge < -0.3 is 5.32 Å². The molecule has 1 aromatic carbocycles. The molecule has 1 aromatic rings. The zero-order valence-electron chi connectivity index (χ0n) is 11.6. The second-order valence-electron chi connectivity index (χ2n) is 5.25. The van der Waals surface area contributed by atoms with Gasteiger partial charge in [-0.3, -0.25) is 4.79 Å². The summed E-state index contributed by atoms with van der Waals surface area (Å²) in [6.45, 7) is 1.91. The van der Waals surface area contributed by atoms with Crippen LogP contribution in [0.1, 0.15) is 18.9 Å². The van der Waals surface area contributed by atoms with Crippen molar-refractivity contribution in [3.8, 4) is 0 Å². The van der Waals surface area contributed by atoms with Gasteiger partial charge in [0.25, 0.3) is 0 Å². The lowest BCUT2D eigenvalue weighted by molar-refractivity contribution is -0.125.